The van der Waals surface area contributed by atoms with Gasteiger partial charge in [-0.2, -0.15) is 0 Å². The van der Waals surface area contributed by atoms with Crippen molar-refractivity contribution in [3.8, 4) is 0 Å². The molecular weight excluding hydrogens is 201 g/mol. The van der Waals surface area contributed by atoms with Gasteiger partial charge in [-0.15, -0.1) is 0 Å². The van der Waals surface area contributed by atoms with Crippen LogP contribution in [0.5, 0.6) is 0 Å². The maximum absolute atomic E-state index is 3.28. The van der Waals surface area contributed by atoms with Gasteiger partial charge in [0.25, 0.3) is 0 Å². The van der Waals surface area contributed by atoms with Crippen LogP contribution in [-0.4, -0.2) is 22.4 Å². The van der Waals surface area contributed by atoms with Gasteiger partial charge < -0.3 is 0 Å². The minimum absolute atomic E-state index is 0.532. The van der Waals surface area contributed by atoms with Crippen molar-refractivity contribution in [3.05, 3.63) is 0 Å². The van der Waals surface area contributed by atoms with Crippen LogP contribution in [0.4, 0.5) is 0 Å². The standard InChI is InChI=1S/C5H13IN/c1-3-7-5-4-6-2/h7H,3-5H2,1-2H3/q-1. The fourth-order valence-corrected chi connectivity index (χ4v) is 1.26. The van der Waals surface area contributed by atoms with Crippen molar-refractivity contribution in [2.45, 2.75) is 6.92 Å². The van der Waals surface area contributed by atoms with Crippen LogP contribution in [0, 0.1) is 0 Å². The quantitative estimate of drug-likeness (QED) is 0.305. The van der Waals surface area contributed by atoms with E-state index in [1.807, 2.05) is 0 Å². The molecule has 0 unspecified atom stereocenters. The monoisotopic (exact) mass is 214 g/mol. The Morgan fingerprint density at radius 2 is 2.29 bits per heavy atom. The summed E-state index contributed by atoms with van der Waals surface area (Å²) in [6, 6.07) is 0. The second kappa shape index (κ2) is 6.69. The van der Waals surface area contributed by atoms with Crippen LogP contribution in [0.3, 0.4) is 0 Å². The number of rotatable bonds is 4. The first-order valence-corrected chi connectivity index (χ1v) is 6.24. The van der Waals surface area contributed by atoms with Crippen LogP contribution in [0.15, 0.2) is 0 Å². The predicted molar refractivity (Wildman–Crippen MR) is 29.3 cm³/mol. The Morgan fingerprint density at radius 3 is 2.71 bits per heavy atom. The van der Waals surface area contributed by atoms with Crippen molar-refractivity contribution in [2.75, 3.05) is 22.4 Å². The third-order valence-electron chi connectivity index (χ3n) is 0.710. The number of alkyl halides is 2. The first kappa shape index (κ1) is 7.69. The molecule has 0 aromatic heterocycles. The molecule has 0 heterocycles. The molecular formula is C5H13IN-. The van der Waals surface area contributed by atoms with Crippen molar-refractivity contribution in [1.29, 1.82) is 0 Å². The second-order valence-electron chi connectivity index (χ2n) is 1.31. The molecule has 46 valence electrons. The summed E-state index contributed by atoms with van der Waals surface area (Å²) in [4.78, 5) is 2.32. The third-order valence-corrected chi connectivity index (χ3v) is 2.33. The van der Waals surface area contributed by atoms with E-state index in [1.54, 1.807) is 0 Å². The zero-order valence-electron chi connectivity index (χ0n) is 5.00. The van der Waals surface area contributed by atoms with Crippen LogP contribution >= 0.6 is 0 Å². The summed E-state index contributed by atoms with van der Waals surface area (Å²) < 4.78 is 1.42. The van der Waals surface area contributed by atoms with Gasteiger partial charge in [0.2, 0.25) is 0 Å². The van der Waals surface area contributed by atoms with E-state index in [2.05, 4.69) is 17.2 Å². The molecule has 0 radical (unpaired) electrons. The van der Waals surface area contributed by atoms with Gasteiger partial charge in [0.1, 0.15) is 0 Å². The summed E-state index contributed by atoms with van der Waals surface area (Å²) in [6.45, 7) is 4.51. The Labute approximate surface area is 56.1 Å². The molecule has 0 aromatic carbocycles. The van der Waals surface area contributed by atoms with Crippen LogP contribution in [0.1, 0.15) is 6.92 Å². The van der Waals surface area contributed by atoms with Gasteiger partial charge >= 0.3 is 55.9 Å². The molecule has 0 atom stereocenters. The van der Waals surface area contributed by atoms with Crippen molar-refractivity contribution in [1.82, 2.24) is 5.32 Å². The Bertz CT molecular complexity index is 27.3. The van der Waals surface area contributed by atoms with Gasteiger partial charge in [0.05, 0.1) is 0 Å². The van der Waals surface area contributed by atoms with E-state index >= 15 is 0 Å². The summed E-state index contributed by atoms with van der Waals surface area (Å²) in [5, 5.41) is 3.28. The molecule has 0 amide bonds. The Balaban J connectivity index is 2.45. The topological polar surface area (TPSA) is 12.0 Å². The zero-order chi connectivity index (χ0) is 5.54. The Hall–Kier alpha value is 0.690. The van der Waals surface area contributed by atoms with E-state index in [1.165, 1.54) is 11.0 Å². The molecule has 0 aromatic rings. The third kappa shape index (κ3) is 6.69. The molecule has 0 saturated carbocycles. The first-order chi connectivity index (χ1) is 3.41. The Morgan fingerprint density at radius 1 is 1.57 bits per heavy atom. The van der Waals surface area contributed by atoms with Gasteiger partial charge in [0, 0.05) is 0 Å². The number of nitrogens with one attached hydrogen (secondary N) is 1. The van der Waals surface area contributed by atoms with Gasteiger partial charge in [-0.25, -0.2) is 0 Å². The van der Waals surface area contributed by atoms with Crippen LogP contribution in [0.25, 0.3) is 0 Å². The molecule has 0 bridgehead atoms. The number of halogens is 1. The SMILES string of the molecule is CCNCC[I-]C. The van der Waals surface area contributed by atoms with Gasteiger partial charge in [0.15, 0.2) is 0 Å². The number of hydrogen-bond acceptors (Lipinski definition) is 1. The Kier molecular flexibility index (Phi) is 7.35. The van der Waals surface area contributed by atoms with Gasteiger partial charge in [-0.05, 0) is 0 Å². The van der Waals surface area contributed by atoms with E-state index in [-0.39, 0.29) is 0 Å². The molecule has 1 N–H and O–H groups in total. The molecule has 0 fully saturated rings. The van der Waals surface area contributed by atoms with E-state index in [4.69, 9.17) is 0 Å². The molecule has 7 heavy (non-hydrogen) atoms. The van der Waals surface area contributed by atoms with Crippen LogP contribution < -0.4 is 26.5 Å². The average molecular weight is 214 g/mol. The molecule has 2 heteroatoms. The summed E-state index contributed by atoms with van der Waals surface area (Å²) >= 11 is 0.532. The van der Waals surface area contributed by atoms with Crippen molar-refractivity contribution in [2.24, 2.45) is 0 Å². The van der Waals surface area contributed by atoms with E-state index in [0.29, 0.717) is 21.2 Å². The molecule has 0 rings (SSSR count). The summed E-state index contributed by atoms with van der Waals surface area (Å²) in [6.07, 6.45) is 0. The second-order valence-corrected chi connectivity index (χ2v) is 3.91. The molecule has 1 nitrogen and oxygen atoms in total. The molecule has 0 saturated heterocycles. The molecule has 0 aliphatic rings. The van der Waals surface area contributed by atoms with E-state index in [9.17, 15) is 0 Å². The zero-order valence-corrected chi connectivity index (χ0v) is 7.16. The first-order valence-electron chi connectivity index (χ1n) is 2.56. The fourth-order valence-electron chi connectivity index (χ4n) is 0.338. The predicted octanol–water partition coefficient (Wildman–Crippen LogP) is -2.69. The summed E-state index contributed by atoms with van der Waals surface area (Å²) in [7, 11) is 0. The average Bonchev–Trinajstić information content (AvgIpc) is 1.69. The van der Waals surface area contributed by atoms with Crippen LogP contribution in [-0.2, 0) is 0 Å². The summed E-state index contributed by atoms with van der Waals surface area (Å²) in [5.74, 6) is 0. The van der Waals surface area contributed by atoms with Crippen molar-refractivity contribution >= 4 is 0 Å². The minimum atomic E-state index is 0.532. The van der Waals surface area contributed by atoms with Crippen LogP contribution in [0.2, 0.25) is 0 Å². The van der Waals surface area contributed by atoms with Gasteiger partial charge in [-0.3, -0.25) is 0 Å². The van der Waals surface area contributed by atoms with E-state index < -0.39 is 0 Å². The van der Waals surface area contributed by atoms with E-state index in [0.717, 1.165) is 6.54 Å². The van der Waals surface area contributed by atoms with Crippen molar-refractivity contribution in [3.63, 3.8) is 0 Å². The molecule has 0 spiro atoms. The fraction of sp³-hybridized carbons (Fsp3) is 1.00. The summed E-state index contributed by atoms with van der Waals surface area (Å²) in [5.41, 5.74) is 0. The van der Waals surface area contributed by atoms with Gasteiger partial charge in [-0.1, -0.05) is 0 Å². The molecule has 0 aliphatic carbocycles. The van der Waals surface area contributed by atoms with Crippen molar-refractivity contribution < 1.29 is 21.2 Å². The normalized spacial score (nSPS) is 10.0. The maximum atomic E-state index is 3.28. The molecule has 0 aliphatic heterocycles. The number of hydrogen-bond donors (Lipinski definition) is 1.